The van der Waals surface area contributed by atoms with E-state index >= 15 is 0 Å². The third-order valence-corrected chi connectivity index (χ3v) is 4.14. The lowest BCUT2D eigenvalue weighted by Crippen LogP contribution is -2.30. The number of hydroxylamine groups is 1. The quantitative estimate of drug-likeness (QED) is 0.497. The summed E-state index contributed by atoms with van der Waals surface area (Å²) >= 11 is 7.94. The lowest BCUT2D eigenvalue weighted by atomic mass is 10.4. The SMILES string of the molecule is CCSC(C)C(=Nc1cn(-c2cccnc2)nc1Cl)NOC. The number of nitrogens with zero attached hydrogens (tertiary/aromatic N) is 4. The van der Waals surface area contributed by atoms with Crippen molar-refractivity contribution in [3.8, 4) is 5.69 Å². The molecule has 2 aromatic rings. The molecule has 8 heteroatoms. The summed E-state index contributed by atoms with van der Waals surface area (Å²) in [5.74, 6) is 1.68. The number of amidine groups is 1. The first kappa shape index (κ1) is 16.8. The van der Waals surface area contributed by atoms with E-state index in [1.807, 2.05) is 12.1 Å². The third kappa shape index (κ3) is 4.22. The van der Waals surface area contributed by atoms with Gasteiger partial charge in [-0.2, -0.15) is 16.9 Å². The number of aliphatic imine (C=N–C) groups is 1. The first-order valence-corrected chi connectivity index (χ1v) is 8.23. The van der Waals surface area contributed by atoms with E-state index in [-0.39, 0.29) is 5.25 Å². The minimum atomic E-state index is 0.155. The molecule has 0 amide bonds. The molecular formula is C14H18ClN5OS. The first-order valence-electron chi connectivity index (χ1n) is 6.80. The van der Waals surface area contributed by atoms with Crippen LogP contribution in [0.1, 0.15) is 13.8 Å². The molecule has 0 aliphatic heterocycles. The summed E-state index contributed by atoms with van der Waals surface area (Å²) in [5, 5.41) is 4.74. The molecule has 1 atom stereocenters. The number of pyridine rings is 1. The number of hydrogen-bond acceptors (Lipinski definition) is 5. The molecule has 0 spiro atoms. The average Bonchev–Trinajstić information content (AvgIpc) is 2.89. The maximum Gasteiger partial charge on any atom is 0.177 e. The molecule has 22 heavy (non-hydrogen) atoms. The van der Waals surface area contributed by atoms with Crippen molar-refractivity contribution in [3.63, 3.8) is 0 Å². The molecule has 118 valence electrons. The largest absolute Gasteiger partial charge is 0.278 e. The Bertz CT molecular complexity index is 631. The van der Waals surface area contributed by atoms with Crippen LogP contribution in [0.25, 0.3) is 5.69 Å². The van der Waals surface area contributed by atoms with E-state index in [9.17, 15) is 0 Å². The first-order chi connectivity index (χ1) is 10.7. The molecule has 0 aliphatic rings. The Morgan fingerprint density at radius 3 is 3.05 bits per heavy atom. The van der Waals surface area contributed by atoms with Crippen molar-refractivity contribution in [1.29, 1.82) is 0 Å². The van der Waals surface area contributed by atoms with Crippen molar-refractivity contribution in [2.45, 2.75) is 19.1 Å². The van der Waals surface area contributed by atoms with Gasteiger partial charge in [0.25, 0.3) is 0 Å². The molecule has 0 aliphatic carbocycles. The van der Waals surface area contributed by atoms with E-state index in [1.165, 1.54) is 0 Å². The monoisotopic (exact) mass is 339 g/mol. The fourth-order valence-electron chi connectivity index (χ4n) is 1.80. The molecule has 2 heterocycles. The van der Waals surface area contributed by atoms with Crippen LogP contribution in [-0.2, 0) is 4.84 Å². The predicted octanol–water partition coefficient (Wildman–Crippen LogP) is 3.24. The Morgan fingerprint density at radius 2 is 2.41 bits per heavy atom. The topological polar surface area (TPSA) is 64.3 Å². The lowest BCUT2D eigenvalue weighted by Gasteiger charge is -2.13. The van der Waals surface area contributed by atoms with Gasteiger partial charge in [-0.25, -0.2) is 9.67 Å². The highest BCUT2D eigenvalue weighted by Crippen LogP contribution is 2.26. The summed E-state index contributed by atoms with van der Waals surface area (Å²) in [7, 11) is 1.56. The smallest absolute Gasteiger partial charge is 0.177 e. The zero-order valence-electron chi connectivity index (χ0n) is 12.7. The van der Waals surface area contributed by atoms with Crippen LogP contribution in [0, 0.1) is 0 Å². The van der Waals surface area contributed by atoms with Crippen LogP contribution in [0.5, 0.6) is 0 Å². The standard InChI is InChI=1S/C14H18ClN5OS/c1-4-22-10(2)14(19-21-3)17-12-9-20(18-13(12)15)11-6-5-7-16-8-11/h5-10H,4H2,1-3H3,(H,17,19). The molecule has 2 rings (SSSR count). The Balaban J connectivity index is 2.31. The van der Waals surface area contributed by atoms with Crippen molar-refractivity contribution in [2.24, 2.45) is 4.99 Å². The third-order valence-electron chi connectivity index (χ3n) is 2.81. The molecule has 0 radical (unpaired) electrons. The van der Waals surface area contributed by atoms with E-state index in [2.05, 4.69) is 34.4 Å². The van der Waals surface area contributed by atoms with Gasteiger partial charge in [-0.1, -0.05) is 18.5 Å². The molecule has 0 bridgehead atoms. The lowest BCUT2D eigenvalue weighted by molar-refractivity contribution is 0.143. The molecule has 0 saturated carbocycles. The van der Waals surface area contributed by atoms with Gasteiger partial charge < -0.3 is 0 Å². The molecular weight excluding hydrogens is 322 g/mol. The minimum absolute atomic E-state index is 0.155. The number of thioether (sulfide) groups is 1. The predicted molar refractivity (Wildman–Crippen MR) is 91.2 cm³/mol. The molecule has 2 aromatic heterocycles. The van der Waals surface area contributed by atoms with Gasteiger partial charge in [-0.3, -0.25) is 15.3 Å². The van der Waals surface area contributed by atoms with Crippen molar-refractivity contribution >= 4 is 34.9 Å². The number of aromatic nitrogens is 3. The van der Waals surface area contributed by atoms with Crippen LogP contribution in [0.15, 0.2) is 35.7 Å². The highest BCUT2D eigenvalue weighted by molar-refractivity contribution is 8.00. The second kappa shape index (κ2) is 8.17. The maximum absolute atomic E-state index is 6.19. The second-order valence-electron chi connectivity index (χ2n) is 4.36. The molecule has 6 nitrogen and oxygen atoms in total. The van der Waals surface area contributed by atoms with Gasteiger partial charge in [0, 0.05) is 6.20 Å². The van der Waals surface area contributed by atoms with E-state index in [1.54, 1.807) is 42.1 Å². The number of hydrogen-bond donors (Lipinski definition) is 1. The fraction of sp³-hybridized carbons (Fsp3) is 0.357. The summed E-state index contributed by atoms with van der Waals surface area (Å²) in [4.78, 5) is 13.6. The van der Waals surface area contributed by atoms with Gasteiger partial charge in [0.2, 0.25) is 0 Å². The minimum Gasteiger partial charge on any atom is -0.278 e. The Kier molecular flexibility index (Phi) is 6.23. The zero-order chi connectivity index (χ0) is 15.9. The van der Waals surface area contributed by atoms with E-state index in [4.69, 9.17) is 16.4 Å². The summed E-state index contributed by atoms with van der Waals surface area (Å²) in [6.45, 7) is 4.15. The van der Waals surface area contributed by atoms with Crippen LogP contribution in [-0.4, -0.2) is 38.7 Å². The number of halogens is 1. The Labute approximate surface area is 138 Å². The second-order valence-corrected chi connectivity index (χ2v) is 6.34. The highest BCUT2D eigenvalue weighted by atomic mass is 35.5. The van der Waals surface area contributed by atoms with Crippen LogP contribution < -0.4 is 5.48 Å². The van der Waals surface area contributed by atoms with Crippen molar-refractivity contribution in [3.05, 3.63) is 35.9 Å². The molecule has 1 unspecified atom stereocenters. The van der Waals surface area contributed by atoms with Gasteiger partial charge >= 0.3 is 0 Å². The summed E-state index contributed by atoms with van der Waals surface area (Å²) in [6.07, 6.45) is 5.18. The summed E-state index contributed by atoms with van der Waals surface area (Å²) in [6, 6.07) is 3.74. The van der Waals surface area contributed by atoms with E-state index in [0.717, 1.165) is 11.4 Å². The fourth-order valence-corrected chi connectivity index (χ4v) is 2.73. The van der Waals surface area contributed by atoms with Gasteiger partial charge in [-0.15, -0.1) is 0 Å². The Hall–Kier alpha value is -1.57. The molecule has 0 saturated heterocycles. The Morgan fingerprint density at radius 1 is 1.59 bits per heavy atom. The van der Waals surface area contributed by atoms with Crippen molar-refractivity contribution in [1.82, 2.24) is 20.2 Å². The van der Waals surface area contributed by atoms with Crippen LogP contribution >= 0.6 is 23.4 Å². The zero-order valence-corrected chi connectivity index (χ0v) is 14.2. The van der Waals surface area contributed by atoms with Gasteiger partial charge in [0.15, 0.2) is 5.15 Å². The van der Waals surface area contributed by atoms with Gasteiger partial charge in [0.1, 0.15) is 11.5 Å². The van der Waals surface area contributed by atoms with Gasteiger partial charge in [0.05, 0.1) is 30.4 Å². The maximum atomic E-state index is 6.19. The molecule has 0 fully saturated rings. The normalized spacial score (nSPS) is 13.2. The van der Waals surface area contributed by atoms with E-state index in [0.29, 0.717) is 16.7 Å². The van der Waals surface area contributed by atoms with Crippen LogP contribution in [0.4, 0.5) is 5.69 Å². The molecule has 1 N–H and O–H groups in total. The summed E-state index contributed by atoms with van der Waals surface area (Å²) in [5.41, 5.74) is 4.21. The average molecular weight is 340 g/mol. The molecule has 0 aromatic carbocycles. The van der Waals surface area contributed by atoms with Crippen molar-refractivity contribution < 1.29 is 4.84 Å². The van der Waals surface area contributed by atoms with Gasteiger partial charge in [-0.05, 0) is 24.8 Å². The number of rotatable bonds is 6. The number of nitrogens with one attached hydrogen (secondary N) is 1. The van der Waals surface area contributed by atoms with Crippen molar-refractivity contribution in [2.75, 3.05) is 12.9 Å². The van der Waals surface area contributed by atoms with Crippen LogP contribution in [0.3, 0.4) is 0 Å². The summed E-state index contributed by atoms with van der Waals surface area (Å²) < 4.78 is 1.65. The highest BCUT2D eigenvalue weighted by Gasteiger charge is 2.14. The van der Waals surface area contributed by atoms with Crippen LogP contribution in [0.2, 0.25) is 5.15 Å². The van der Waals surface area contributed by atoms with E-state index < -0.39 is 0 Å².